The normalized spacial score (nSPS) is 21.0. The Hall–Kier alpha value is -0.430. The summed E-state index contributed by atoms with van der Waals surface area (Å²) in [5, 5.41) is 3.17. The monoisotopic (exact) mass is 318 g/mol. The number of halogens is 1. The van der Waals surface area contributed by atoms with Crippen LogP contribution in [0.2, 0.25) is 0 Å². The largest absolute Gasteiger partial charge is 0.315 e. The van der Waals surface area contributed by atoms with Crippen molar-refractivity contribution in [1.29, 1.82) is 0 Å². The molecular formula is C11H15BrN2O2S. The van der Waals surface area contributed by atoms with Gasteiger partial charge in [0.25, 0.3) is 0 Å². The van der Waals surface area contributed by atoms with Gasteiger partial charge in [-0.25, -0.2) is 8.42 Å². The van der Waals surface area contributed by atoms with E-state index in [0.717, 1.165) is 19.5 Å². The van der Waals surface area contributed by atoms with Crippen molar-refractivity contribution in [3.05, 3.63) is 28.7 Å². The summed E-state index contributed by atoms with van der Waals surface area (Å²) < 4.78 is 26.9. The predicted octanol–water partition coefficient (Wildman–Crippen LogP) is 1.43. The number of nitrogens with zero attached hydrogens (tertiary/aromatic N) is 1. The van der Waals surface area contributed by atoms with Gasteiger partial charge in [0.1, 0.15) is 0 Å². The van der Waals surface area contributed by atoms with E-state index in [1.807, 2.05) is 0 Å². The number of likely N-dealkylation sites (N-methyl/N-ethyl adjacent to an activating group) is 1. The Bertz CT molecular complexity index is 498. The summed E-state index contributed by atoms with van der Waals surface area (Å²) in [4.78, 5) is 0.328. The van der Waals surface area contributed by atoms with Crippen LogP contribution in [0.5, 0.6) is 0 Å². The molecule has 1 saturated heterocycles. The van der Waals surface area contributed by atoms with Crippen LogP contribution in [-0.4, -0.2) is 38.9 Å². The molecule has 1 aromatic rings. The van der Waals surface area contributed by atoms with E-state index in [9.17, 15) is 8.42 Å². The Labute approximate surface area is 110 Å². The molecule has 1 N–H and O–H groups in total. The number of rotatable bonds is 3. The van der Waals surface area contributed by atoms with E-state index in [0.29, 0.717) is 9.37 Å². The van der Waals surface area contributed by atoms with Gasteiger partial charge in [0.05, 0.1) is 4.90 Å². The van der Waals surface area contributed by atoms with Crippen molar-refractivity contribution in [2.24, 2.45) is 0 Å². The van der Waals surface area contributed by atoms with Crippen molar-refractivity contribution in [3.8, 4) is 0 Å². The van der Waals surface area contributed by atoms with Gasteiger partial charge in [-0.05, 0) is 41.0 Å². The van der Waals surface area contributed by atoms with E-state index in [1.165, 1.54) is 4.31 Å². The van der Waals surface area contributed by atoms with Crippen LogP contribution in [0.4, 0.5) is 0 Å². The lowest BCUT2D eigenvalue weighted by Crippen LogP contribution is -2.38. The molecule has 1 fully saturated rings. The number of hydrogen-bond donors (Lipinski definition) is 1. The molecule has 0 amide bonds. The number of nitrogens with one attached hydrogen (secondary N) is 1. The summed E-state index contributed by atoms with van der Waals surface area (Å²) in [7, 11) is -1.76. The molecule has 1 heterocycles. The lowest BCUT2D eigenvalue weighted by atomic mass is 10.3. The second kappa shape index (κ2) is 5.06. The molecule has 0 spiro atoms. The summed E-state index contributed by atoms with van der Waals surface area (Å²) in [6.07, 6.45) is 0.861. The van der Waals surface area contributed by atoms with Crippen LogP contribution in [0.15, 0.2) is 33.6 Å². The summed E-state index contributed by atoms with van der Waals surface area (Å²) in [5.41, 5.74) is 0. The van der Waals surface area contributed by atoms with Gasteiger partial charge in [0, 0.05) is 24.1 Å². The molecule has 0 bridgehead atoms. The average Bonchev–Trinajstić information content (AvgIpc) is 2.81. The van der Waals surface area contributed by atoms with Crippen LogP contribution in [0.25, 0.3) is 0 Å². The van der Waals surface area contributed by atoms with Crippen molar-refractivity contribution in [3.63, 3.8) is 0 Å². The van der Waals surface area contributed by atoms with E-state index in [1.54, 1.807) is 31.3 Å². The zero-order valence-electron chi connectivity index (χ0n) is 9.56. The van der Waals surface area contributed by atoms with Crippen LogP contribution >= 0.6 is 15.9 Å². The molecule has 17 heavy (non-hydrogen) atoms. The molecule has 94 valence electrons. The summed E-state index contributed by atoms with van der Waals surface area (Å²) in [6, 6.07) is 6.96. The first-order valence-corrected chi connectivity index (χ1v) is 7.70. The van der Waals surface area contributed by atoms with Gasteiger partial charge >= 0.3 is 0 Å². The van der Waals surface area contributed by atoms with Crippen molar-refractivity contribution >= 4 is 26.0 Å². The second-order valence-electron chi connectivity index (χ2n) is 4.10. The molecule has 0 aromatic heterocycles. The van der Waals surface area contributed by atoms with Gasteiger partial charge in [-0.1, -0.05) is 12.1 Å². The number of hydrogen-bond acceptors (Lipinski definition) is 3. The molecule has 1 atom stereocenters. The highest BCUT2D eigenvalue weighted by molar-refractivity contribution is 9.10. The molecule has 2 rings (SSSR count). The molecular weight excluding hydrogens is 304 g/mol. The molecule has 4 nitrogen and oxygen atoms in total. The van der Waals surface area contributed by atoms with Gasteiger partial charge in [0.15, 0.2) is 0 Å². The Morgan fingerprint density at radius 3 is 2.71 bits per heavy atom. The topological polar surface area (TPSA) is 49.4 Å². The molecule has 6 heteroatoms. The SMILES string of the molecule is CN([C@@H]1CCNC1)S(=O)(=O)c1ccccc1Br. The predicted molar refractivity (Wildman–Crippen MR) is 70.4 cm³/mol. The summed E-state index contributed by atoms with van der Waals surface area (Å²) in [5.74, 6) is 0. The third-order valence-corrected chi connectivity index (χ3v) is 5.96. The minimum absolute atomic E-state index is 0.0482. The lowest BCUT2D eigenvalue weighted by molar-refractivity contribution is 0.387. The highest BCUT2D eigenvalue weighted by Gasteiger charge is 2.30. The van der Waals surface area contributed by atoms with Gasteiger partial charge in [0.2, 0.25) is 10.0 Å². The van der Waals surface area contributed by atoms with E-state index in [2.05, 4.69) is 21.2 Å². The number of benzene rings is 1. The molecule has 1 aromatic carbocycles. The second-order valence-corrected chi connectivity index (χ2v) is 6.92. The first-order chi connectivity index (χ1) is 8.03. The van der Waals surface area contributed by atoms with Crippen LogP contribution < -0.4 is 5.32 Å². The third-order valence-electron chi connectivity index (χ3n) is 3.04. The first-order valence-electron chi connectivity index (χ1n) is 5.47. The fourth-order valence-corrected chi connectivity index (χ4v) is 4.30. The highest BCUT2D eigenvalue weighted by Crippen LogP contribution is 2.25. The van der Waals surface area contributed by atoms with E-state index in [-0.39, 0.29) is 6.04 Å². The van der Waals surface area contributed by atoms with Gasteiger partial charge in [-0.15, -0.1) is 0 Å². The van der Waals surface area contributed by atoms with Crippen molar-refractivity contribution in [2.75, 3.05) is 20.1 Å². The van der Waals surface area contributed by atoms with Crippen molar-refractivity contribution in [2.45, 2.75) is 17.4 Å². The zero-order chi connectivity index (χ0) is 12.5. The Balaban J connectivity index is 2.33. The lowest BCUT2D eigenvalue weighted by Gasteiger charge is -2.23. The van der Waals surface area contributed by atoms with Gasteiger partial charge in [-0.2, -0.15) is 4.31 Å². The molecule has 1 aliphatic rings. The standard InChI is InChI=1S/C11H15BrN2O2S/c1-14(9-6-7-13-8-9)17(15,16)11-5-3-2-4-10(11)12/h2-5,9,13H,6-8H2,1H3/t9-/m1/s1. The zero-order valence-corrected chi connectivity index (χ0v) is 12.0. The summed E-state index contributed by atoms with van der Waals surface area (Å²) in [6.45, 7) is 1.60. The van der Waals surface area contributed by atoms with Crippen LogP contribution in [0.3, 0.4) is 0 Å². The molecule has 0 unspecified atom stereocenters. The van der Waals surface area contributed by atoms with Gasteiger partial charge in [-0.3, -0.25) is 0 Å². The van der Waals surface area contributed by atoms with E-state index < -0.39 is 10.0 Å². The molecule has 0 aliphatic carbocycles. The van der Waals surface area contributed by atoms with E-state index >= 15 is 0 Å². The maximum atomic E-state index is 12.4. The minimum Gasteiger partial charge on any atom is -0.315 e. The fraction of sp³-hybridized carbons (Fsp3) is 0.455. The third kappa shape index (κ3) is 2.54. The average molecular weight is 319 g/mol. The van der Waals surface area contributed by atoms with Crippen LogP contribution in [0, 0.1) is 0 Å². The Morgan fingerprint density at radius 1 is 1.41 bits per heavy atom. The van der Waals surface area contributed by atoms with E-state index in [4.69, 9.17) is 0 Å². The summed E-state index contributed by atoms with van der Waals surface area (Å²) >= 11 is 3.29. The molecule has 0 saturated carbocycles. The highest BCUT2D eigenvalue weighted by atomic mass is 79.9. The molecule has 0 radical (unpaired) electrons. The quantitative estimate of drug-likeness (QED) is 0.917. The Morgan fingerprint density at radius 2 is 2.12 bits per heavy atom. The fourth-order valence-electron chi connectivity index (χ4n) is 1.96. The smallest absolute Gasteiger partial charge is 0.244 e. The molecule has 1 aliphatic heterocycles. The van der Waals surface area contributed by atoms with Crippen LogP contribution in [0.1, 0.15) is 6.42 Å². The first kappa shape index (κ1) is 13.0. The maximum Gasteiger partial charge on any atom is 0.244 e. The van der Waals surface area contributed by atoms with Crippen molar-refractivity contribution < 1.29 is 8.42 Å². The van der Waals surface area contributed by atoms with Gasteiger partial charge < -0.3 is 5.32 Å². The van der Waals surface area contributed by atoms with Crippen LogP contribution in [-0.2, 0) is 10.0 Å². The Kier molecular flexibility index (Phi) is 3.87. The number of sulfonamides is 1. The maximum absolute atomic E-state index is 12.4. The van der Waals surface area contributed by atoms with Crippen molar-refractivity contribution in [1.82, 2.24) is 9.62 Å². The minimum atomic E-state index is -3.41.